The van der Waals surface area contributed by atoms with Gasteiger partial charge in [-0.15, -0.1) is 0 Å². The molecular formula is C13H27NO2. The molecule has 0 aliphatic heterocycles. The molecule has 1 fully saturated rings. The quantitative estimate of drug-likeness (QED) is 0.727. The van der Waals surface area contributed by atoms with E-state index < -0.39 is 0 Å². The van der Waals surface area contributed by atoms with Crippen LogP contribution in [-0.4, -0.2) is 38.5 Å². The molecule has 0 aromatic heterocycles. The standard InChI is InChI=1S/C13H27NO2/c1-4-14-12-5-7-13(8-6-12)16-11(2)9-10-15-3/h11-14H,4-10H2,1-3H3. The number of hydrogen-bond acceptors (Lipinski definition) is 3. The van der Waals surface area contributed by atoms with Crippen molar-refractivity contribution in [3.8, 4) is 0 Å². The minimum Gasteiger partial charge on any atom is -0.385 e. The van der Waals surface area contributed by atoms with E-state index in [9.17, 15) is 0 Å². The molecule has 0 heterocycles. The molecule has 96 valence electrons. The molecule has 0 radical (unpaired) electrons. The Morgan fingerprint density at radius 1 is 1.25 bits per heavy atom. The van der Waals surface area contributed by atoms with Gasteiger partial charge >= 0.3 is 0 Å². The summed E-state index contributed by atoms with van der Waals surface area (Å²) in [7, 11) is 1.74. The maximum Gasteiger partial charge on any atom is 0.0580 e. The lowest BCUT2D eigenvalue weighted by molar-refractivity contribution is -0.0358. The molecule has 1 rings (SSSR count). The summed E-state index contributed by atoms with van der Waals surface area (Å²) in [6.45, 7) is 6.21. The van der Waals surface area contributed by atoms with Crippen LogP contribution in [0.2, 0.25) is 0 Å². The van der Waals surface area contributed by atoms with E-state index >= 15 is 0 Å². The Labute approximate surface area is 99.9 Å². The summed E-state index contributed by atoms with van der Waals surface area (Å²) in [6, 6.07) is 0.721. The van der Waals surface area contributed by atoms with Gasteiger partial charge in [-0.05, 0) is 45.6 Å². The molecular weight excluding hydrogens is 202 g/mol. The van der Waals surface area contributed by atoms with Crippen molar-refractivity contribution in [3.63, 3.8) is 0 Å². The monoisotopic (exact) mass is 229 g/mol. The highest BCUT2D eigenvalue weighted by atomic mass is 16.5. The SMILES string of the molecule is CCNC1CCC(OC(C)CCOC)CC1. The maximum atomic E-state index is 6.01. The van der Waals surface area contributed by atoms with Crippen molar-refractivity contribution in [3.05, 3.63) is 0 Å². The van der Waals surface area contributed by atoms with Crippen molar-refractivity contribution < 1.29 is 9.47 Å². The molecule has 1 atom stereocenters. The first-order valence-electron chi connectivity index (χ1n) is 6.64. The van der Waals surface area contributed by atoms with E-state index in [4.69, 9.17) is 9.47 Å². The maximum absolute atomic E-state index is 6.01. The zero-order valence-electron chi connectivity index (χ0n) is 11.0. The van der Waals surface area contributed by atoms with Gasteiger partial charge in [0.2, 0.25) is 0 Å². The zero-order chi connectivity index (χ0) is 11.8. The van der Waals surface area contributed by atoms with E-state index in [1.807, 2.05) is 0 Å². The van der Waals surface area contributed by atoms with Crippen molar-refractivity contribution in [1.82, 2.24) is 5.32 Å². The summed E-state index contributed by atoms with van der Waals surface area (Å²) in [5, 5.41) is 3.52. The van der Waals surface area contributed by atoms with Crippen LogP contribution in [0.5, 0.6) is 0 Å². The molecule has 3 nitrogen and oxygen atoms in total. The van der Waals surface area contributed by atoms with Gasteiger partial charge in [-0.1, -0.05) is 6.92 Å². The minimum absolute atomic E-state index is 0.334. The molecule has 0 spiro atoms. The number of rotatable bonds is 7. The summed E-state index contributed by atoms with van der Waals surface area (Å²) < 4.78 is 11.1. The molecule has 1 aliphatic carbocycles. The fraction of sp³-hybridized carbons (Fsp3) is 1.00. The molecule has 16 heavy (non-hydrogen) atoms. The van der Waals surface area contributed by atoms with Crippen LogP contribution < -0.4 is 5.32 Å². The molecule has 0 saturated heterocycles. The third-order valence-corrected chi connectivity index (χ3v) is 3.32. The van der Waals surface area contributed by atoms with Gasteiger partial charge in [-0.3, -0.25) is 0 Å². The Morgan fingerprint density at radius 3 is 2.50 bits per heavy atom. The predicted octanol–water partition coefficient (Wildman–Crippen LogP) is 2.35. The second-order valence-electron chi connectivity index (χ2n) is 4.76. The molecule has 1 aliphatic rings. The number of methoxy groups -OCH3 is 1. The molecule has 1 unspecified atom stereocenters. The van der Waals surface area contributed by atoms with Gasteiger partial charge in [0, 0.05) is 19.8 Å². The molecule has 1 N–H and O–H groups in total. The molecule has 0 aromatic carbocycles. The number of nitrogens with one attached hydrogen (secondary N) is 1. The molecule has 0 bridgehead atoms. The van der Waals surface area contributed by atoms with Crippen LogP contribution in [0.15, 0.2) is 0 Å². The Kier molecular flexibility index (Phi) is 7.01. The Balaban J connectivity index is 2.11. The highest BCUT2D eigenvalue weighted by molar-refractivity contribution is 4.77. The lowest BCUT2D eigenvalue weighted by atomic mass is 9.93. The van der Waals surface area contributed by atoms with Gasteiger partial charge in [0.05, 0.1) is 12.2 Å². The minimum atomic E-state index is 0.334. The van der Waals surface area contributed by atoms with Crippen LogP contribution in [-0.2, 0) is 9.47 Å². The molecule has 0 amide bonds. The highest BCUT2D eigenvalue weighted by Gasteiger charge is 2.22. The van der Waals surface area contributed by atoms with Crippen molar-refractivity contribution in [2.75, 3.05) is 20.3 Å². The average molecular weight is 229 g/mol. The van der Waals surface area contributed by atoms with Crippen LogP contribution in [0.3, 0.4) is 0 Å². The van der Waals surface area contributed by atoms with Gasteiger partial charge in [0.15, 0.2) is 0 Å². The van der Waals surface area contributed by atoms with E-state index in [1.54, 1.807) is 7.11 Å². The second-order valence-corrected chi connectivity index (χ2v) is 4.76. The van der Waals surface area contributed by atoms with Crippen LogP contribution in [0, 0.1) is 0 Å². The second kappa shape index (κ2) is 8.04. The largest absolute Gasteiger partial charge is 0.385 e. The van der Waals surface area contributed by atoms with Crippen LogP contribution >= 0.6 is 0 Å². The molecule has 3 heteroatoms. The summed E-state index contributed by atoms with van der Waals surface area (Å²) in [4.78, 5) is 0. The van der Waals surface area contributed by atoms with Gasteiger partial charge in [-0.25, -0.2) is 0 Å². The Hall–Kier alpha value is -0.120. The smallest absolute Gasteiger partial charge is 0.0580 e. The van der Waals surface area contributed by atoms with Crippen molar-refractivity contribution in [1.29, 1.82) is 0 Å². The predicted molar refractivity (Wildman–Crippen MR) is 66.8 cm³/mol. The fourth-order valence-electron chi connectivity index (χ4n) is 2.37. The topological polar surface area (TPSA) is 30.5 Å². The van der Waals surface area contributed by atoms with E-state index in [-0.39, 0.29) is 0 Å². The summed E-state index contributed by atoms with van der Waals surface area (Å²) >= 11 is 0. The fourth-order valence-corrected chi connectivity index (χ4v) is 2.37. The van der Waals surface area contributed by atoms with Gasteiger partial charge in [0.1, 0.15) is 0 Å². The summed E-state index contributed by atoms with van der Waals surface area (Å²) in [6.07, 6.45) is 6.74. The number of ether oxygens (including phenoxy) is 2. The van der Waals surface area contributed by atoms with E-state index in [1.165, 1.54) is 25.7 Å². The highest BCUT2D eigenvalue weighted by Crippen LogP contribution is 2.22. The Bertz CT molecular complexity index is 167. The summed E-state index contributed by atoms with van der Waals surface area (Å²) in [5.41, 5.74) is 0. The molecule has 1 saturated carbocycles. The summed E-state index contributed by atoms with van der Waals surface area (Å²) in [5.74, 6) is 0. The van der Waals surface area contributed by atoms with E-state index in [0.717, 1.165) is 25.6 Å². The molecule has 0 aromatic rings. The van der Waals surface area contributed by atoms with Gasteiger partial charge in [-0.2, -0.15) is 0 Å². The van der Waals surface area contributed by atoms with Crippen molar-refractivity contribution in [2.45, 2.75) is 64.2 Å². The van der Waals surface area contributed by atoms with Gasteiger partial charge < -0.3 is 14.8 Å². The van der Waals surface area contributed by atoms with Crippen LogP contribution in [0.1, 0.15) is 46.0 Å². The first-order valence-corrected chi connectivity index (χ1v) is 6.64. The first kappa shape index (κ1) is 13.9. The van der Waals surface area contributed by atoms with Crippen LogP contribution in [0.4, 0.5) is 0 Å². The number of hydrogen-bond donors (Lipinski definition) is 1. The first-order chi connectivity index (χ1) is 7.76. The van der Waals surface area contributed by atoms with Crippen molar-refractivity contribution >= 4 is 0 Å². The van der Waals surface area contributed by atoms with Gasteiger partial charge in [0.25, 0.3) is 0 Å². The normalized spacial score (nSPS) is 27.9. The average Bonchev–Trinajstić information content (AvgIpc) is 2.29. The van der Waals surface area contributed by atoms with Crippen molar-refractivity contribution in [2.24, 2.45) is 0 Å². The Morgan fingerprint density at radius 2 is 1.94 bits per heavy atom. The van der Waals surface area contributed by atoms with E-state index in [0.29, 0.717) is 12.2 Å². The van der Waals surface area contributed by atoms with Crippen LogP contribution in [0.25, 0.3) is 0 Å². The zero-order valence-corrected chi connectivity index (χ0v) is 11.0. The lowest BCUT2D eigenvalue weighted by Gasteiger charge is -2.30. The third kappa shape index (κ3) is 5.28. The van der Waals surface area contributed by atoms with E-state index in [2.05, 4.69) is 19.2 Å². The lowest BCUT2D eigenvalue weighted by Crippen LogP contribution is -2.36. The third-order valence-electron chi connectivity index (χ3n) is 3.32.